The average molecular weight is 384 g/mol. The summed E-state index contributed by atoms with van der Waals surface area (Å²) < 4.78 is 0. The van der Waals surface area contributed by atoms with Crippen molar-refractivity contribution < 1.29 is 5.11 Å². The van der Waals surface area contributed by atoms with Gasteiger partial charge in [-0.25, -0.2) is 0 Å². The lowest BCUT2D eigenvalue weighted by molar-refractivity contribution is 0.444. The largest absolute Gasteiger partial charge is 0.507 e. The number of aliphatic imine (C=N–C) groups is 1. The SMILES string of the molecule is CCCSc1ccccc1N=Cc1cc(C(C)(C)C)cc(C(C)(C)C)c1O. The number of thioether (sulfide) groups is 1. The highest BCUT2D eigenvalue weighted by Gasteiger charge is 2.24. The van der Waals surface area contributed by atoms with Crippen molar-refractivity contribution in [1.29, 1.82) is 0 Å². The maximum Gasteiger partial charge on any atom is 0.128 e. The Labute approximate surface area is 169 Å². The highest BCUT2D eigenvalue weighted by atomic mass is 32.2. The van der Waals surface area contributed by atoms with Gasteiger partial charge in [0, 0.05) is 22.2 Å². The summed E-state index contributed by atoms with van der Waals surface area (Å²) in [5.74, 6) is 1.41. The number of nitrogens with zero attached hydrogens (tertiary/aromatic N) is 1. The number of benzene rings is 2. The standard InChI is InChI=1S/C24H33NOS/c1-8-13-27-21-12-10-9-11-20(21)25-16-17-14-18(23(2,3)4)15-19(22(17)26)24(5,6)7/h9-12,14-16,26H,8,13H2,1-7H3. The molecule has 2 nitrogen and oxygen atoms in total. The molecule has 0 bridgehead atoms. The molecule has 0 amide bonds. The normalized spacial score (nSPS) is 12.7. The molecule has 0 unspecified atom stereocenters. The Kier molecular flexibility index (Phi) is 6.80. The van der Waals surface area contributed by atoms with Crippen LogP contribution in [0.4, 0.5) is 5.69 Å². The smallest absolute Gasteiger partial charge is 0.128 e. The minimum atomic E-state index is -0.136. The summed E-state index contributed by atoms with van der Waals surface area (Å²) in [7, 11) is 0. The first-order chi connectivity index (χ1) is 12.5. The van der Waals surface area contributed by atoms with Crippen LogP contribution in [-0.4, -0.2) is 17.1 Å². The Hall–Kier alpha value is -1.74. The van der Waals surface area contributed by atoms with E-state index in [2.05, 4.69) is 66.7 Å². The van der Waals surface area contributed by atoms with Crippen LogP contribution in [0.3, 0.4) is 0 Å². The fourth-order valence-electron chi connectivity index (χ4n) is 2.80. The monoisotopic (exact) mass is 383 g/mol. The number of para-hydroxylation sites is 1. The van der Waals surface area contributed by atoms with E-state index in [1.54, 1.807) is 0 Å². The van der Waals surface area contributed by atoms with Crippen LogP contribution < -0.4 is 0 Å². The van der Waals surface area contributed by atoms with E-state index in [0.717, 1.165) is 29.0 Å². The van der Waals surface area contributed by atoms with Crippen molar-refractivity contribution in [2.75, 3.05) is 5.75 Å². The molecule has 0 aliphatic rings. The fourth-order valence-corrected chi connectivity index (χ4v) is 3.66. The van der Waals surface area contributed by atoms with E-state index in [9.17, 15) is 5.11 Å². The molecule has 2 rings (SSSR count). The molecule has 0 aliphatic heterocycles. The van der Waals surface area contributed by atoms with Gasteiger partial charge in [0.1, 0.15) is 5.75 Å². The molecule has 0 atom stereocenters. The van der Waals surface area contributed by atoms with E-state index in [4.69, 9.17) is 4.99 Å². The van der Waals surface area contributed by atoms with Crippen LogP contribution in [0.2, 0.25) is 0 Å². The number of phenols is 1. The molecule has 0 fully saturated rings. The van der Waals surface area contributed by atoms with Gasteiger partial charge in [0.25, 0.3) is 0 Å². The average Bonchev–Trinajstić information content (AvgIpc) is 2.57. The van der Waals surface area contributed by atoms with Crippen LogP contribution in [-0.2, 0) is 10.8 Å². The molecular formula is C24H33NOS. The number of phenolic OH excluding ortho intramolecular Hbond substituents is 1. The van der Waals surface area contributed by atoms with E-state index in [1.807, 2.05) is 36.2 Å². The second-order valence-corrected chi connectivity index (χ2v) is 10.2. The Bertz CT molecular complexity index is 810. The molecule has 0 aromatic heterocycles. The Morgan fingerprint density at radius 2 is 1.67 bits per heavy atom. The van der Waals surface area contributed by atoms with Crippen molar-refractivity contribution >= 4 is 23.7 Å². The maximum absolute atomic E-state index is 10.9. The quantitative estimate of drug-likeness (QED) is 0.436. The van der Waals surface area contributed by atoms with Gasteiger partial charge in [-0.15, -0.1) is 11.8 Å². The maximum atomic E-state index is 10.9. The molecule has 0 spiro atoms. The van der Waals surface area contributed by atoms with Crippen LogP contribution >= 0.6 is 11.8 Å². The highest BCUT2D eigenvalue weighted by molar-refractivity contribution is 7.99. The summed E-state index contributed by atoms with van der Waals surface area (Å²) in [6, 6.07) is 12.4. The number of aromatic hydroxyl groups is 1. The van der Waals surface area contributed by atoms with Gasteiger partial charge in [-0.2, -0.15) is 0 Å². The molecule has 146 valence electrons. The predicted molar refractivity (Wildman–Crippen MR) is 120 cm³/mol. The van der Waals surface area contributed by atoms with Crippen LogP contribution in [0.25, 0.3) is 0 Å². The van der Waals surface area contributed by atoms with Crippen LogP contribution in [0.15, 0.2) is 46.3 Å². The highest BCUT2D eigenvalue weighted by Crippen LogP contribution is 2.37. The van der Waals surface area contributed by atoms with Crippen LogP contribution in [0, 0.1) is 0 Å². The summed E-state index contributed by atoms with van der Waals surface area (Å²) in [5, 5.41) is 10.9. The molecule has 27 heavy (non-hydrogen) atoms. The lowest BCUT2D eigenvalue weighted by atomic mass is 9.79. The minimum absolute atomic E-state index is 0.00513. The van der Waals surface area contributed by atoms with Crippen molar-refractivity contribution in [3.8, 4) is 5.75 Å². The number of hydrogen-bond donors (Lipinski definition) is 1. The van der Waals surface area contributed by atoms with Gasteiger partial charge < -0.3 is 5.11 Å². The summed E-state index contributed by atoms with van der Waals surface area (Å²) in [6.07, 6.45) is 2.94. The summed E-state index contributed by atoms with van der Waals surface area (Å²) in [5.41, 5.74) is 3.77. The van der Waals surface area contributed by atoms with Gasteiger partial charge in [-0.1, -0.05) is 66.7 Å². The van der Waals surface area contributed by atoms with Gasteiger partial charge in [0.05, 0.1) is 5.69 Å². The predicted octanol–water partition coefficient (Wildman–Crippen LogP) is 7.24. The molecule has 1 N–H and O–H groups in total. The van der Waals surface area contributed by atoms with E-state index in [0.29, 0.717) is 5.75 Å². The number of rotatable bonds is 5. The fraction of sp³-hybridized carbons (Fsp3) is 0.458. The van der Waals surface area contributed by atoms with Gasteiger partial charge >= 0.3 is 0 Å². The summed E-state index contributed by atoms with van der Waals surface area (Å²) in [6.45, 7) is 15.2. The lowest BCUT2D eigenvalue weighted by Gasteiger charge is -2.27. The minimum Gasteiger partial charge on any atom is -0.507 e. The molecular weight excluding hydrogens is 350 g/mol. The zero-order valence-corrected chi connectivity index (χ0v) is 18.6. The number of hydrogen-bond acceptors (Lipinski definition) is 3. The molecule has 2 aromatic rings. The molecule has 3 heteroatoms. The van der Waals surface area contributed by atoms with Crippen molar-refractivity contribution in [3.63, 3.8) is 0 Å². The van der Waals surface area contributed by atoms with Gasteiger partial charge in [0.2, 0.25) is 0 Å². The molecule has 2 aromatic carbocycles. The molecule has 0 heterocycles. The first-order valence-corrected chi connectivity index (χ1v) is 10.7. The van der Waals surface area contributed by atoms with Crippen molar-refractivity contribution in [2.24, 2.45) is 4.99 Å². The second-order valence-electron chi connectivity index (χ2n) is 9.04. The Morgan fingerprint density at radius 3 is 2.26 bits per heavy atom. The topological polar surface area (TPSA) is 32.6 Å². The van der Waals surface area contributed by atoms with Gasteiger partial charge in [-0.3, -0.25) is 4.99 Å². The molecule has 0 saturated heterocycles. The second kappa shape index (κ2) is 8.52. The molecule has 0 radical (unpaired) electrons. The third kappa shape index (κ3) is 5.62. The summed E-state index contributed by atoms with van der Waals surface area (Å²) >= 11 is 1.82. The van der Waals surface area contributed by atoms with E-state index < -0.39 is 0 Å². The van der Waals surface area contributed by atoms with Crippen LogP contribution in [0.1, 0.15) is 71.6 Å². The van der Waals surface area contributed by atoms with Gasteiger partial charge in [-0.05, 0) is 46.8 Å². The van der Waals surface area contributed by atoms with Crippen LogP contribution in [0.5, 0.6) is 5.75 Å². The third-order valence-electron chi connectivity index (χ3n) is 4.48. The molecule has 0 aliphatic carbocycles. The Balaban J connectivity index is 2.51. The lowest BCUT2D eigenvalue weighted by Crippen LogP contribution is -2.17. The zero-order chi connectivity index (χ0) is 20.2. The first-order valence-electron chi connectivity index (χ1n) is 9.68. The van der Waals surface area contributed by atoms with Gasteiger partial charge in [0.15, 0.2) is 0 Å². The molecule has 0 saturated carbocycles. The van der Waals surface area contributed by atoms with E-state index in [1.165, 1.54) is 10.5 Å². The summed E-state index contributed by atoms with van der Waals surface area (Å²) in [4.78, 5) is 5.91. The van der Waals surface area contributed by atoms with E-state index >= 15 is 0 Å². The van der Waals surface area contributed by atoms with Crippen molar-refractivity contribution in [3.05, 3.63) is 53.1 Å². The zero-order valence-electron chi connectivity index (χ0n) is 17.8. The van der Waals surface area contributed by atoms with Crippen molar-refractivity contribution in [1.82, 2.24) is 0 Å². The van der Waals surface area contributed by atoms with E-state index in [-0.39, 0.29) is 10.8 Å². The Morgan fingerprint density at radius 1 is 1.00 bits per heavy atom. The van der Waals surface area contributed by atoms with Crippen molar-refractivity contribution in [2.45, 2.75) is 70.6 Å². The first kappa shape index (κ1) is 21.6. The third-order valence-corrected chi connectivity index (χ3v) is 5.75.